The topological polar surface area (TPSA) is 64.6 Å². The van der Waals surface area contributed by atoms with Crippen molar-refractivity contribution in [1.29, 1.82) is 0 Å². The molecule has 0 atom stereocenters. The van der Waals surface area contributed by atoms with Gasteiger partial charge >= 0.3 is 5.97 Å². The van der Waals surface area contributed by atoms with Crippen LogP contribution in [0.3, 0.4) is 0 Å². The second-order valence-electron chi connectivity index (χ2n) is 4.48. The highest BCUT2D eigenvalue weighted by atomic mass is 16.5. The number of carboxylic acids is 1. The van der Waals surface area contributed by atoms with Crippen molar-refractivity contribution in [2.75, 3.05) is 7.11 Å². The van der Waals surface area contributed by atoms with E-state index in [1.54, 1.807) is 36.9 Å². The van der Waals surface area contributed by atoms with Crippen LogP contribution in [-0.4, -0.2) is 22.8 Å². The number of benzene rings is 1. The molecule has 2 heterocycles. The molecule has 0 saturated carbocycles. The fourth-order valence-corrected chi connectivity index (χ4v) is 2.24. The number of ether oxygens (including phenoxy) is 1. The molecule has 1 N–H and O–H groups in total. The van der Waals surface area contributed by atoms with Crippen LogP contribution in [0.4, 0.5) is 0 Å². The summed E-state index contributed by atoms with van der Waals surface area (Å²) in [7, 11) is 3.30. The van der Waals surface area contributed by atoms with E-state index in [1.165, 1.54) is 0 Å². The van der Waals surface area contributed by atoms with Gasteiger partial charge in [0.05, 0.1) is 12.8 Å². The molecule has 0 amide bonds. The Labute approximate surface area is 115 Å². The maximum Gasteiger partial charge on any atom is 0.352 e. The molecule has 20 heavy (non-hydrogen) atoms. The first kappa shape index (κ1) is 12.3. The van der Waals surface area contributed by atoms with Crippen LogP contribution in [0.5, 0.6) is 5.75 Å². The quantitative estimate of drug-likeness (QED) is 0.794. The molecule has 2 aromatic heterocycles. The first-order valence-corrected chi connectivity index (χ1v) is 6.07. The van der Waals surface area contributed by atoms with Crippen LogP contribution in [-0.2, 0) is 7.05 Å². The third-order valence-corrected chi connectivity index (χ3v) is 3.32. The van der Waals surface area contributed by atoms with Gasteiger partial charge in [-0.1, -0.05) is 0 Å². The van der Waals surface area contributed by atoms with Gasteiger partial charge in [-0.2, -0.15) is 0 Å². The zero-order chi connectivity index (χ0) is 14.3. The predicted octanol–water partition coefficient (Wildman–Crippen LogP) is 3.15. The summed E-state index contributed by atoms with van der Waals surface area (Å²) >= 11 is 0. The monoisotopic (exact) mass is 271 g/mol. The van der Waals surface area contributed by atoms with E-state index < -0.39 is 5.97 Å². The number of aromatic carboxylic acids is 1. The molecule has 0 saturated heterocycles. The summed E-state index contributed by atoms with van der Waals surface area (Å²) in [4.78, 5) is 11.1. The van der Waals surface area contributed by atoms with E-state index in [1.807, 2.05) is 18.2 Å². The normalized spacial score (nSPS) is 10.9. The van der Waals surface area contributed by atoms with E-state index in [0.29, 0.717) is 11.3 Å². The average molecular weight is 271 g/mol. The highest BCUT2D eigenvalue weighted by Crippen LogP contribution is 2.30. The summed E-state index contributed by atoms with van der Waals surface area (Å²) in [6, 6.07) is 10.7. The molecule has 3 rings (SSSR count). The van der Waals surface area contributed by atoms with Crippen molar-refractivity contribution in [1.82, 2.24) is 4.57 Å². The van der Waals surface area contributed by atoms with Crippen LogP contribution in [0, 0.1) is 0 Å². The Morgan fingerprint density at radius 1 is 1.25 bits per heavy atom. The van der Waals surface area contributed by atoms with Gasteiger partial charge in [0, 0.05) is 18.5 Å². The lowest BCUT2D eigenvalue weighted by Gasteiger charge is -2.01. The second kappa shape index (κ2) is 4.45. The number of fused-ring (bicyclic) bond motifs is 1. The first-order valence-electron chi connectivity index (χ1n) is 6.07. The van der Waals surface area contributed by atoms with E-state index in [9.17, 15) is 4.79 Å². The standard InChI is InChI=1S/C15H13NO4/c1-16-11(5-6-12(16)15(17)18)14-7-9-3-4-10(19-2)8-13(9)20-14/h3-8H,1-2H3,(H,17,18). The van der Waals surface area contributed by atoms with Gasteiger partial charge in [0.1, 0.15) is 17.0 Å². The third-order valence-electron chi connectivity index (χ3n) is 3.32. The van der Waals surface area contributed by atoms with Gasteiger partial charge in [-0.05, 0) is 30.3 Å². The summed E-state index contributed by atoms with van der Waals surface area (Å²) in [5.41, 5.74) is 1.65. The molecule has 5 heteroatoms. The Morgan fingerprint density at radius 2 is 2.05 bits per heavy atom. The number of aromatic nitrogens is 1. The molecule has 0 aliphatic heterocycles. The van der Waals surface area contributed by atoms with Crippen LogP contribution in [0.2, 0.25) is 0 Å². The van der Waals surface area contributed by atoms with Crippen molar-refractivity contribution < 1.29 is 19.1 Å². The van der Waals surface area contributed by atoms with Crippen LogP contribution in [0.25, 0.3) is 22.4 Å². The number of furan rings is 1. The van der Waals surface area contributed by atoms with Gasteiger partial charge in [-0.25, -0.2) is 4.79 Å². The third kappa shape index (κ3) is 1.84. The zero-order valence-corrected chi connectivity index (χ0v) is 11.1. The lowest BCUT2D eigenvalue weighted by molar-refractivity contribution is 0.0686. The van der Waals surface area contributed by atoms with Crippen LogP contribution < -0.4 is 4.74 Å². The molecular formula is C15H13NO4. The van der Waals surface area contributed by atoms with Crippen molar-refractivity contribution in [2.45, 2.75) is 0 Å². The van der Waals surface area contributed by atoms with E-state index in [0.717, 1.165) is 16.8 Å². The number of rotatable bonds is 3. The first-order chi connectivity index (χ1) is 9.60. The lowest BCUT2D eigenvalue weighted by atomic mass is 10.2. The Balaban J connectivity index is 2.12. The van der Waals surface area contributed by atoms with Crippen molar-refractivity contribution in [3.05, 3.63) is 42.1 Å². The molecular weight excluding hydrogens is 258 g/mol. The molecule has 0 aliphatic carbocycles. The van der Waals surface area contributed by atoms with Gasteiger partial charge in [-0.15, -0.1) is 0 Å². The van der Waals surface area contributed by atoms with Gasteiger partial charge in [0.2, 0.25) is 0 Å². The summed E-state index contributed by atoms with van der Waals surface area (Å²) in [6.45, 7) is 0. The van der Waals surface area contributed by atoms with Crippen LogP contribution >= 0.6 is 0 Å². The minimum atomic E-state index is -0.962. The molecule has 5 nitrogen and oxygen atoms in total. The second-order valence-corrected chi connectivity index (χ2v) is 4.48. The molecule has 0 spiro atoms. The smallest absolute Gasteiger partial charge is 0.352 e. The Hall–Kier alpha value is -2.69. The Morgan fingerprint density at radius 3 is 2.70 bits per heavy atom. The van der Waals surface area contributed by atoms with E-state index in [4.69, 9.17) is 14.3 Å². The van der Waals surface area contributed by atoms with Crippen molar-refractivity contribution in [3.63, 3.8) is 0 Å². The largest absolute Gasteiger partial charge is 0.497 e. The molecule has 0 aliphatic rings. The van der Waals surface area contributed by atoms with Crippen molar-refractivity contribution in [2.24, 2.45) is 7.05 Å². The van der Waals surface area contributed by atoms with E-state index in [2.05, 4.69) is 0 Å². The number of carbonyl (C=O) groups is 1. The van der Waals surface area contributed by atoms with Gasteiger partial charge in [0.15, 0.2) is 5.76 Å². The highest BCUT2D eigenvalue weighted by Gasteiger charge is 2.15. The number of methoxy groups -OCH3 is 1. The van der Waals surface area contributed by atoms with E-state index >= 15 is 0 Å². The molecule has 102 valence electrons. The van der Waals surface area contributed by atoms with Crippen LogP contribution in [0.1, 0.15) is 10.5 Å². The minimum absolute atomic E-state index is 0.220. The fourth-order valence-electron chi connectivity index (χ4n) is 2.24. The van der Waals surface area contributed by atoms with Gasteiger partial charge in [-0.3, -0.25) is 0 Å². The SMILES string of the molecule is COc1ccc2cc(-c3ccc(C(=O)O)n3C)oc2c1. The zero-order valence-electron chi connectivity index (χ0n) is 11.1. The Kier molecular flexibility index (Phi) is 2.75. The van der Waals surface area contributed by atoms with Gasteiger partial charge < -0.3 is 18.8 Å². The van der Waals surface area contributed by atoms with Gasteiger partial charge in [0.25, 0.3) is 0 Å². The fraction of sp³-hybridized carbons (Fsp3) is 0.133. The molecule has 1 aromatic carbocycles. The summed E-state index contributed by atoms with van der Waals surface area (Å²) in [5, 5.41) is 10.0. The number of nitrogens with zero attached hydrogens (tertiary/aromatic N) is 1. The van der Waals surface area contributed by atoms with E-state index in [-0.39, 0.29) is 5.69 Å². The highest BCUT2D eigenvalue weighted by molar-refractivity contribution is 5.88. The van der Waals surface area contributed by atoms with Crippen molar-refractivity contribution in [3.8, 4) is 17.2 Å². The molecule has 3 aromatic rings. The molecule has 0 radical (unpaired) electrons. The van der Waals surface area contributed by atoms with Crippen molar-refractivity contribution >= 4 is 16.9 Å². The number of hydrogen-bond donors (Lipinski definition) is 1. The summed E-state index contributed by atoms with van der Waals surface area (Å²) in [5.74, 6) is 0.385. The average Bonchev–Trinajstić information content (AvgIpc) is 3.00. The maximum absolute atomic E-state index is 11.1. The maximum atomic E-state index is 11.1. The minimum Gasteiger partial charge on any atom is -0.497 e. The molecule has 0 fully saturated rings. The van der Waals surface area contributed by atoms with Crippen LogP contribution in [0.15, 0.2) is 40.8 Å². The number of carboxylic acid groups (broad SMARTS) is 1. The molecule has 0 bridgehead atoms. The molecule has 0 unspecified atom stereocenters. The Bertz CT molecular complexity index is 797. The summed E-state index contributed by atoms with van der Waals surface area (Å²) < 4.78 is 12.5. The lowest BCUT2D eigenvalue weighted by Crippen LogP contribution is -2.04. The number of hydrogen-bond acceptors (Lipinski definition) is 3. The summed E-state index contributed by atoms with van der Waals surface area (Å²) in [6.07, 6.45) is 0. The predicted molar refractivity (Wildman–Crippen MR) is 74.1 cm³/mol.